The van der Waals surface area contributed by atoms with Crippen molar-refractivity contribution in [3.05, 3.63) is 70.1 Å². The average Bonchev–Trinajstić information content (AvgIpc) is 2.77. The normalized spacial score (nSPS) is 10.7. The molecule has 2 aromatic carbocycles. The molecular weight excluding hydrogens is 442 g/mol. The van der Waals surface area contributed by atoms with Crippen LogP contribution in [0.2, 0.25) is 5.02 Å². The van der Waals surface area contributed by atoms with Crippen molar-refractivity contribution in [3.63, 3.8) is 0 Å². The summed E-state index contributed by atoms with van der Waals surface area (Å²) in [5.41, 5.74) is 10.6. The second-order valence-corrected chi connectivity index (χ2v) is 8.05. The number of nitrogens with two attached hydrogens (primary N) is 1. The maximum absolute atomic E-state index is 12.1. The number of aryl methyl sites for hydroxylation is 2. The Bertz CT molecular complexity index is 1220. The van der Waals surface area contributed by atoms with Crippen LogP contribution in [0.4, 0.5) is 0 Å². The van der Waals surface area contributed by atoms with E-state index in [2.05, 4.69) is 14.7 Å². The first-order valence-electron chi connectivity index (χ1n) is 10.3. The summed E-state index contributed by atoms with van der Waals surface area (Å²) in [5.74, 6) is -1.08. The molecule has 3 aromatic rings. The van der Waals surface area contributed by atoms with Crippen LogP contribution in [-0.2, 0) is 20.7 Å². The Labute approximate surface area is 197 Å². The van der Waals surface area contributed by atoms with Crippen molar-refractivity contribution in [3.8, 4) is 22.4 Å². The molecule has 0 spiro atoms. The predicted molar refractivity (Wildman–Crippen MR) is 126 cm³/mol. The second kappa shape index (κ2) is 10.4. The van der Waals surface area contributed by atoms with E-state index in [1.165, 1.54) is 7.11 Å². The fourth-order valence-electron chi connectivity index (χ4n) is 3.51. The zero-order valence-electron chi connectivity index (χ0n) is 18.6. The number of ether oxygens (including phenoxy) is 1. The summed E-state index contributed by atoms with van der Waals surface area (Å²) in [6.07, 6.45) is 0.398. The topological polar surface area (TPSA) is 112 Å². The number of rotatable bonds is 8. The third kappa shape index (κ3) is 5.81. The Morgan fingerprint density at radius 1 is 0.939 bits per heavy atom. The highest BCUT2D eigenvalue weighted by molar-refractivity contribution is 6.33. The van der Waals surface area contributed by atoms with Crippen molar-refractivity contribution in [2.45, 2.75) is 33.1 Å². The van der Waals surface area contributed by atoms with Crippen molar-refractivity contribution in [2.75, 3.05) is 7.11 Å². The quantitative estimate of drug-likeness (QED) is 0.498. The lowest BCUT2D eigenvalue weighted by Crippen LogP contribution is -2.17. The number of Topliss-reactive ketones (excluding diaryl/α,β-unsaturated/α-hetero) is 1. The number of methoxy groups -OCH3 is 1. The third-order valence-electron chi connectivity index (χ3n) is 5.22. The molecule has 0 bridgehead atoms. The fraction of sp³-hybridized carbons (Fsp3) is 0.240. The molecule has 0 saturated carbocycles. The van der Waals surface area contributed by atoms with Gasteiger partial charge in [-0.05, 0) is 31.0 Å². The number of primary amides is 1. The first-order chi connectivity index (χ1) is 15.7. The molecule has 0 radical (unpaired) electrons. The molecule has 0 unspecified atom stereocenters. The molecule has 170 valence electrons. The SMILES string of the molecule is COC(=O)CCC(=O)Cc1ccc(-c2ccc(-c3nc(C(N)=O)c(C)nc3C)cc2)c(Cl)c1. The number of ketones is 1. The molecule has 7 nitrogen and oxygen atoms in total. The van der Waals surface area contributed by atoms with Gasteiger partial charge in [0, 0.05) is 29.0 Å². The molecule has 0 aliphatic heterocycles. The van der Waals surface area contributed by atoms with Gasteiger partial charge >= 0.3 is 5.97 Å². The van der Waals surface area contributed by atoms with Crippen LogP contribution in [0.25, 0.3) is 22.4 Å². The first-order valence-corrected chi connectivity index (χ1v) is 10.7. The molecule has 0 atom stereocenters. The van der Waals surface area contributed by atoms with Gasteiger partial charge in [-0.3, -0.25) is 19.4 Å². The summed E-state index contributed by atoms with van der Waals surface area (Å²) < 4.78 is 4.56. The minimum absolute atomic E-state index is 0.0570. The molecule has 1 heterocycles. The highest BCUT2D eigenvalue weighted by Crippen LogP contribution is 2.31. The molecule has 2 N–H and O–H groups in total. The minimum atomic E-state index is -0.617. The Balaban J connectivity index is 1.79. The van der Waals surface area contributed by atoms with Crippen LogP contribution in [0.3, 0.4) is 0 Å². The van der Waals surface area contributed by atoms with Crippen molar-refractivity contribution in [2.24, 2.45) is 5.73 Å². The number of carbonyl (C=O) groups excluding carboxylic acids is 3. The van der Waals surface area contributed by atoms with Gasteiger partial charge in [0.1, 0.15) is 11.5 Å². The number of halogens is 1. The van der Waals surface area contributed by atoms with E-state index in [1.54, 1.807) is 13.0 Å². The lowest BCUT2D eigenvalue weighted by Gasteiger charge is -2.11. The van der Waals surface area contributed by atoms with Crippen molar-refractivity contribution >= 4 is 29.3 Å². The average molecular weight is 466 g/mol. The Hall–Kier alpha value is -3.58. The van der Waals surface area contributed by atoms with E-state index in [-0.39, 0.29) is 30.7 Å². The number of hydrogen-bond donors (Lipinski definition) is 1. The van der Waals surface area contributed by atoms with E-state index in [0.717, 1.165) is 22.3 Å². The van der Waals surface area contributed by atoms with E-state index in [1.807, 2.05) is 43.3 Å². The van der Waals surface area contributed by atoms with Gasteiger partial charge in [-0.1, -0.05) is 48.0 Å². The lowest BCUT2D eigenvalue weighted by molar-refractivity contribution is -0.141. The molecular formula is C25H24ClN3O4. The Morgan fingerprint density at radius 2 is 1.61 bits per heavy atom. The summed E-state index contributed by atoms with van der Waals surface area (Å²) in [6, 6.07) is 13.0. The lowest BCUT2D eigenvalue weighted by atomic mass is 9.99. The van der Waals surface area contributed by atoms with E-state index in [0.29, 0.717) is 22.1 Å². The molecule has 1 aromatic heterocycles. The first kappa shape index (κ1) is 24.1. The van der Waals surface area contributed by atoms with Gasteiger partial charge in [-0.2, -0.15) is 0 Å². The maximum atomic E-state index is 12.1. The second-order valence-electron chi connectivity index (χ2n) is 7.64. The zero-order valence-corrected chi connectivity index (χ0v) is 19.4. The van der Waals surface area contributed by atoms with E-state index < -0.39 is 11.9 Å². The monoisotopic (exact) mass is 465 g/mol. The summed E-state index contributed by atoms with van der Waals surface area (Å²) in [4.78, 5) is 43.7. The Kier molecular flexibility index (Phi) is 7.55. The predicted octanol–water partition coefficient (Wildman–Crippen LogP) is 4.24. The smallest absolute Gasteiger partial charge is 0.305 e. The molecule has 0 saturated heterocycles. The fourth-order valence-corrected chi connectivity index (χ4v) is 3.82. The molecule has 1 amide bonds. The maximum Gasteiger partial charge on any atom is 0.305 e. The number of hydrogen-bond acceptors (Lipinski definition) is 6. The molecule has 33 heavy (non-hydrogen) atoms. The summed E-state index contributed by atoms with van der Waals surface area (Å²) in [5, 5.41) is 0.517. The van der Waals surface area contributed by atoms with E-state index in [4.69, 9.17) is 17.3 Å². The highest BCUT2D eigenvalue weighted by atomic mass is 35.5. The van der Waals surface area contributed by atoms with Crippen LogP contribution in [0.5, 0.6) is 0 Å². The van der Waals surface area contributed by atoms with Gasteiger partial charge in [-0.25, -0.2) is 4.98 Å². The number of amides is 1. The number of carbonyl (C=O) groups is 3. The Morgan fingerprint density at radius 3 is 2.21 bits per heavy atom. The molecule has 0 aliphatic carbocycles. The zero-order chi connectivity index (χ0) is 24.1. The van der Waals surface area contributed by atoms with E-state index >= 15 is 0 Å². The summed E-state index contributed by atoms with van der Waals surface area (Å²) >= 11 is 6.49. The van der Waals surface area contributed by atoms with Crippen LogP contribution >= 0.6 is 11.6 Å². The van der Waals surface area contributed by atoms with Gasteiger partial charge in [0.25, 0.3) is 5.91 Å². The van der Waals surface area contributed by atoms with Gasteiger partial charge in [0.15, 0.2) is 0 Å². The van der Waals surface area contributed by atoms with Gasteiger partial charge in [-0.15, -0.1) is 0 Å². The molecule has 0 aliphatic rings. The molecule has 0 fully saturated rings. The number of nitrogens with zero attached hydrogens (tertiary/aromatic N) is 2. The van der Waals surface area contributed by atoms with Gasteiger partial charge < -0.3 is 10.5 Å². The molecule has 8 heteroatoms. The minimum Gasteiger partial charge on any atom is -0.469 e. The van der Waals surface area contributed by atoms with Crippen molar-refractivity contribution < 1.29 is 19.1 Å². The van der Waals surface area contributed by atoms with Gasteiger partial charge in [0.05, 0.1) is 30.6 Å². The number of benzene rings is 2. The standard InChI is InChI=1S/C25H24ClN3O4/c1-14-23(29-24(25(27)32)15(2)28-14)18-7-5-17(6-8-18)20-10-4-16(13-21(20)26)12-19(30)9-11-22(31)33-3/h4-8,10,13H,9,11-12H2,1-3H3,(H2,27,32). The van der Waals surface area contributed by atoms with Gasteiger partial charge in [0.2, 0.25) is 0 Å². The summed E-state index contributed by atoms with van der Waals surface area (Å²) in [7, 11) is 1.30. The van der Waals surface area contributed by atoms with Crippen LogP contribution in [0, 0.1) is 13.8 Å². The number of esters is 1. The van der Waals surface area contributed by atoms with Crippen molar-refractivity contribution in [1.82, 2.24) is 9.97 Å². The van der Waals surface area contributed by atoms with Crippen LogP contribution in [0.1, 0.15) is 40.3 Å². The number of aromatic nitrogens is 2. The highest BCUT2D eigenvalue weighted by Gasteiger charge is 2.15. The van der Waals surface area contributed by atoms with Crippen LogP contribution < -0.4 is 5.73 Å². The largest absolute Gasteiger partial charge is 0.469 e. The van der Waals surface area contributed by atoms with Crippen LogP contribution in [-0.4, -0.2) is 34.7 Å². The molecule has 3 rings (SSSR count). The third-order valence-corrected chi connectivity index (χ3v) is 5.53. The summed E-state index contributed by atoms with van der Waals surface area (Å²) in [6.45, 7) is 3.53. The van der Waals surface area contributed by atoms with E-state index in [9.17, 15) is 14.4 Å². The van der Waals surface area contributed by atoms with Crippen molar-refractivity contribution in [1.29, 1.82) is 0 Å². The van der Waals surface area contributed by atoms with Crippen LogP contribution in [0.15, 0.2) is 42.5 Å².